The molecule has 17 heavy (non-hydrogen) atoms. The summed E-state index contributed by atoms with van der Waals surface area (Å²) in [6.45, 7) is 0.0390. The minimum atomic E-state index is -1.05. The van der Waals surface area contributed by atoms with Gasteiger partial charge in [-0.05, 0) is 0 Å². The van der Waals surface area contributed by atoms with Crippen molar-refractivity contribution in [2.45, 2.75) is 6.54 Å². The predicted molar refractivity (Wildman–Crippen MR) is 60.0 cm³/mol. The Bertz CT molecular complexity index is 546. The van der Waals surface area contributed by atoms with Gasteiger partial charge < -0.3 is 5.11 Å². The van der Waals surface area contributed by atoms with Crippen LogP contribution in [0.5, 0.6) is 0 Å². The highest BCUT2D eigenvalue weighted by atomic mass is 16.4. The van der Waals surface area contributed by atoms with Crippen molar-refractivity contribution in [3.8, 4) is 0 Å². The molecule has 1 aromatic carbocycles. The maximum atomic E-state index is 11.8. The SMILES string of the molecule is O=C(O)c1cnn(CC(=O)c2ccccc2)c1. The van der Waals surface area contributed by atoms with Crippen molar-refractivity contribution >= 4 is 11.8 Å². The van der Waals surface area contributed by atoms with Crippen molar-refractivity contribution in [2.75, 3.05) is 0 Å². The number of nitrogens with zero attached hydrogens (tertiary/aromatic N) is 2. The zero-order valence-corrected chi connectivity index (χ0v) is 8.91. The number of carbonyl (C=O) groups is 2. The highest BCUT2D eigenvalue weighted by Crippen LogP contribution is 2.03. The molecule has 0 aliphatic rings. The number of aromatic carboxylic acids is 1. The number of carboxylic acid groups (broad SMARTS) is 1. The molecule has 0 saturated heterocycles. The quantitative estimate of drug-likeness (QED) is 0.807. The number of hydrogen-bond donors (Lipinski definition) is 1. The Balaban J connectivity index is 2.11. The molecule has 1 N–H and O–H groups in total. The summed E-state index contributed by atoms with van der Waals surface area (Å²) in [4.78, 5) is 22.4. The van der Waals surface area contributed by atoms with Crippen LogP contribution in [0.4, 0.5) is 0 Å². The zero-order chi connectivity index (χ0) is 12.3. The molecule has 0 aliphatic heterocycles. The third kappa shape index (κ3) is 2.57. The molecule has 0 bridgehead atoms. The van der Waals surface area contributed by atoms with E-state index in [1.165, 1.54) is 17.1 Å². The molecule has 1 aromatic heterocycles. The lowest BCUT2D eigenvalue weighted by Gasteiger charge is -2.00. The number of carboxylic acids is 1. The summed E-state index contributed by atoms with van der Waals surface area (Å²) in [6, 6.07) is 8.80. The Hall–Kier alpha value is -2.43. The first-order valence-corrected chi connectivity index (χ1v) is 5.01. The van der Waals surface area contributed by atoms with Crippen LogP contribution < -0.4 is 0 Å². The van der Waals surface area contributed by atoms with Crippen LogP contribution in [0.15, 0.2) is 42.7 Å². The summed E-state index contributed by atoms with van der Waals surface area (Å²) in [7, 11) is 0. The number of ketones is 1. The van der Waals surface area contributed by atoms with E-state index in [9.17, 15) is 9.59 Å². The second-order valence-electron chi connectivity index (χ2n) is 3.52. The summed E-state index contributed by atoms with van der Waals surface area (Å²) < 4.78 is 1.32. The Morgan fingerprint density at radius 1 is 1.18 bits per heavy atom. The first-order valence-electron chi connectivity index (χ1n) is 5.01. The Kier molecular flexibility index (Phi) is 3.00. The number of rotatable bonds is 4. The molecule has 5 heteroatoms. The fourth-order valence-corrected chi connectivity index (χ4v) is 1.42. The second-order valence-corrected chi connectivity index (χ2v) is 3.52. The normalized spacial score (nSPS) is 10.1. The molecule has 86 valence electrons. The molecule has 5 nitrogen and oxygen atoms in total. The minimum Gasteiger partial charge on any atom is -0.478 e. The third-order valence-electron chi connectivity index (χ3n) is 2.28. The predicted octanol–water partition coefficient (Wildman–Crippen LogP) is 1.46. The number of Topliss-reactive ketones (excluding diaryl/α,β-unsaturated/α-hetero) is 1. The molecule has 0 fully saturated rings. The van der Waals surface area contributed by atoms with Gasteiger partial charge in [0, 0.05) is 11.8 Å². The van der Waals surface area contributed by atoms with E-state index in [2.05, 4.69) is 5.10 Å². The fraction of sp³-hybridized carbons (Fsp3) is 0.0833. The monoisotopic (exact) mass is 230 g/mol. The van der Waals surface area contributed by atoms with E-state index in [1.807, 2.05) is 6.07 Å². The molecule has 0 amide bonds. The van der Waals surface area contributed by atoms with Gasteiger partial charge in [0.25, 0.3) is 0 Å². The van der Waals surface area contributed by atoms with Crippen LogP contribution in [0.2, 0.25) is 0 Å². The molecular formula is C12H10N2O3. The average molecular weight is 230 g/mol. The fourth-order valence-electron chi connectivity index (χ4n) is 1.42. The molecule has 0 unspecified atom stereocenters. The van der Waals surface area contributed by atoms with Gasteiger partial charge in [-0.2, -0.15) is 5.10 Å². The summed E-state index contributed by atoms with van der Waals surface area (Å²) in [5, 5.41) is 12.5. The smallest absolute Gasteiger partial charge is 0.338 e. The van der Waals surface area contributed by atoms with Gasteiger partial charge >= 0.3 is 5.97 Å². The zero-order valence-electron chi connectivity index (χ0n) is 8.91. The number of carbonyl (C=O) groups excluding carboxylic acids is 1. The van der Waals surface area contributed by atoms with E-state index in [4.69, 9.17) is 5.11 Å². The van der Waals surface area contributed by atoms with Crippen molar-refractivity contribution in [3.05, 3.63) is 53.9 Å². The standard InChI is InChI=1S/C12H10N2O3/c15-11(9-4-2-1-3-5-9)8-14-7-10(6-13-14)12(16)17/h1-7H,8H2,(H,16,17). The first-order chi connectivity index (χ1) is 8.16. The molecular weight excluding hydrogens is 220 g/mol. The van der Waals surface area contributed by atoms with Gasteiger partial charge in [0.05, 0.1) is 11.8 Å². The maximum absolute atomic E-state index is 11.8. The lowest BCUT2D eigenvalue weighted by molar-refractivity contribution is 0.0696. The van der Waals surface area contributed by atoms with E-state index in [0.717, 1.165) is 0 Å². The average Bonchev–Trinajstić information content (AvgIpc) is 2.79. The molecule has 0 aliphatic carbocycles. The van der Waals surface area contributed by atoms with E-state index in [1.54, 1.807) is 24.3 Å². The lowest BCUT2D eigenvalue weighted by atomic mass is 10.1. The van der Waals surface area contributed by atoms with Crippen LogP contribution in [0.1, 0.15) is 20.7 Å². The van der Waals surface area contributed by atoms with Crippen LogP contribution >= 0.6 is 0 Å². The van der Waals surface area contributed by atoms with Crippen molar-refractivity contribution < 1.29 is 14.7 Å². The molecule has 1 heterocycles. The summed E-state index contributed by atoms with van der Waals surface area (Å²) in [5.74, 6) is -1.16. The highest BCUT2D eigenvalue weighted by Gasteiger charge is 2.09. The molecule has 0 spiro atoms. The molecule has 2 aromatic rings. The van der Waals surface area contributed by atoms with Gasteiger partial charge in [-0.1, -0.05) is 30.3 Å². The van der Waals surface area contributed by atoms with Gasteiger partial charge in [0.1, 0.15) is 6.54 Å². The summed E-state index contributed by atoms with van der Waals surface area (Å²) in [5.41, 5.74) is 0.658. The highest BCUT2D eigenvalue weighted by molar-refractivity contribution is 5.95. The lowest BCUT2D eigenvalue weighted by Crippen LogP contribution is -2.10. The Morgan fingerprint density at radius 2 is 1.88 bits per heavy atom. The summed E-state index contributed by atoms with van der Waals surface area (Å²) in [6.07, 6.45) is 2.56. The van der Waals surface area contributed by atoms with Crippen molar-refractivity contribution in [2.24, 2.45) is 0 Å². The van der Waals surface area contributed by atoms with E-state index >= 15 is 0 Å². The van der Waals surface area contributed by atoms with E-state index in [0.29, 0.717) is 5.56 Å². The molecule has 0 saturated carbocycles. The molecule has 0 radical (unpaired) electrons. The van der Waals surface area contributed by atoms with Gasteiger partial charge in [-0.25, -0.2) is 4.79 Å². The second kappa shape index (κ2) is 4.61. The molecule has 0 atom stereocenters. The minimum absolute atomic E-state index is 0.0390. The van der Waals surface area contributed by atoms with Gasteiger partial charge in [-0.3, -0.25) is 9.48 Å². The van der Waals surface area contributed by atoms with Crippen molar-refractivity contribution in [3.63, 3.8) is 0 Å². The van der Waals surface area contributed by atoms with Crippen LogP contribution in [0, 0.1) is 0 Å². The van der Waals surface area contributed by atoms with Crippen LogP contribution in [0.25, 0.3) is 0 Å². The van der Waals surface area contributed by atoms with Crippen LogP contribution in [-0.4, -0.2) is 26.6 Å². The third-order valence-corrected chi connectivity index (χ3v) is 2.28. The van der Waals surface area contributed by atoms with Crippen molar-refractivity contribution in [1.29, 1.82) is 0 Å². The van der Waals surface area contributed by atoms with Crippen LogP contribution in [-0.2, 0) is 6.54 Å². The van der Waals surface area contributed by atoms with Crippen LogP contribution in [0.3, 0.4) is 0 Å². The van der Waals surface area contributed by atoms with E-state index in [-0.39, 0.29) is 17.9 Å². The van der Waals surface area contributed by atoms with Gasteiger partial charge in [-0.15, -0.1) is 0 Å². The summed E-state index contributed by atoms with van der Waals surface area (Å²) >= 11 is 0. The topological polar surface area (TPSA) is 72.2 Å². The van der Waals surface area contributed by atoms with E-state index < -0.39 is 5.97 Å². The first kappa shape index (κ1) is 11.1. The van der Waals surface area contributed by atoms with Crippen molar-refractivity contribution in [1.82, 2.24) is 9.78 Å². The Labute approximate surface area is 97.3 Å². The maximum Gasteiger partial charge on any atom is 0.338 e. The van der Waals surface area contributed by atoms with Gasteiger partial charge in [0.2, 0.25) is 0 Å². The Morgan fingerprint density at radius 3 is 2.47 bits per heavy atom. The number of hydrogen-bond acceptors (Lipinski definition) is 3. The van der Waals surface area contributed by atoms with Gasteiger partial charge in [0.15, 0.2) is 5.78 Å². The number of benzene rings is 1. The molecule has 2 rings (SSSR count). The largest absolute Gasteiger partial charge is 0.478 e. The number of aromatic nitrogens is 2.